The lowest BCUT2D eigenvalue weighted by Gasteiger charge is -2.18. The van der Waals surface area contributed by atoms with Crippen molar-refractivity contribution in [2.24, 2.45) is 0 Å². The van der Waals surface area contributed by atoms with Gasteiger partial charge in [-0.2, -0.15) is 0 Å². The lowest BCUT2D eigenvalue weighted by Crippen LogP contribution is -2.40. The molecule has 1 atom stereocenters. The van der Waals surface area contributed by atoms with Gasteiger partial charge in [-0.05, 0) is 12.1 Å². The Labute approximate surface area is 142 Å². The Kier molecular flexibility index (Phi) is 4.32. The van der Waals surface area contributed by atoms with Crippen LogP contribution in [-0.2, 0) is 9.59 Å². The van der Waals surface area contributed by atoms with Gasteiger partial charge in [0.05, 0.1) is 6.54 Å². The van der Waals surface area contributed by atoms with Crippen LogP contribution in [0.4, 0.5) is 4.39 Å². The fraction of sp³-hybridized carbons (Fsp3) is 0.294. The molecule has 0 bridgehead atoms. The number of carbonyl (C=O) groups is 2. The van der Waals surface area contributed by atoms with Gasteiger partial charge in [-0.1, -0.05) is 35.9 Å². The van der Waals surface area contributed by atoms with Crippen molar-refractivity contribution in [3.05, 3.63) is 41.4 Å². The van der Waals surface area contributed by atoms with Crippen molar-refractivity contribution in [1.29, 1.82) is 0 Å². The monoisotopic (exact) mass is 351 g/mol. The van der Waals surface area contributed by atoms with E-state index in [1.807, 2.05) is 24.3 Å². The van der Waals surface area contributed by atoms with Crippen molar-refractivity contribution in [1.82, 2.24) is 4.90 Å². The number of amides is 1. The maximum absolute atomic E-state index is 14.0. The molecule has 1 aliphatic rings. The quantitative estimate of drug-likeness (QED) is 0.919. The van der Waals surface area contributed by atoms with Crippen LogP contribution in [0.15, 0.2) is 36.4 Å². The van der Waals surface area contributed by atoms with Crippen molar-refractivity contribution in [2.45, 2.75) is 12.1 Å². The third-order valence-corrected chi connectivity index (χ3v) is 4.47. The third-order valence-electron chi connectivity index (χ3n) is 4.14. The lowest BCUT2D eigenvalue weighted by molar-refractivity contribution is -0.150. The minimum absolute atomic E-state index is 0.0619. The highest BCUT2D eigenvalue weighted by Gasteiger charge is 2.46. The minimum Gasteiger partial charge on any atom is -0.483 e. The summed E-state index contributed by atoms with van der Waals surface area (Å²) in [7, 11) is 0. The summed E-state index contributed by atoms with van der Waals surface area (Å²) in [5, 5.41) is 11.0. The minimum atomic E-state index is -2.37. The molecule has 5 nitrogen and oxygen atoms in total. The number of fused-ring (bicyclic) bond motifs is 1. The van der Waals surface area contributed by atoms with Crippen molar-refractivity contribution < 1.29 is 23.8 Å². The summed E-state index contributed by atoms with van der Waals surface area (Å²) in [5.74, 6) is -1.50. The van der Waals surface area contributed by atoms with E-state index in [1.54, 1.807) is 12.1 Å². The second-order valence-corrected chi connectivity index (χ2v) is 6.12. The molecule has 1 saturated heterocycles. The molecule has 0 saturated carbocycles. The number of benzene rings is 2. The van der Waals surface area contributed by atoms with Crippen LogP contribution in [0.2, 0.25) is 5.02 Å². The summed E-state index contributed by atoms with van der Waals surface area (Å²) >= 11 is 6.13. The van der Waals surface area contributed by atoms with Crippen molar-refractivity contribution in [3.8, 4) is 5.75 Å². The van der Waals surface area contributed by atoms with Gasteiger partial charge in [0.15, 0.2) is 6.61 Å². The van der Waals surface area contributed by atoms with Gasteiger partial charge in [-0.25, -0.2) is 9.18 Å². The first-order valence-electron chi connectivity index (χ1n) is 7.41. The number of alkyl halides is 1. The highest BCUT2D eigenvalue weighted by atomic mass is 35.5. The number of aliphatic carboxylic acids is 1. The third kappa shape index (κ3) is 3.01. The molecule has 1 unspecified atom stereocenters. The normalized spacial score (nSPS) is 20.3. The number of carboxylic acid groups (broad SMARTS) is 1. The molecular formula is C17H15ClFNO4. The number of carbonyl (C=O) groups excluding carboxylic acids is 1. The first kappa shape index (κ1) is 16.5. The maximum atomic E-state index is 14.0. The Balaban J connectivity index is 1.70. The van der Waals surface area contributed by atoms with Crippen LogP contribution in [-0.4, -0.2) is 47.2 Å². The van der Waals surface area contributed by atoms with Gasteiger partial charge in [0.2, 0.25) is 5.67 Å². The topological polar surface area (TPSA) is 66.8 Å². The maximum Gasteiger partial charge on any atom is 0.343 e. The number of carboxylic acids is 1. The molecule has 1 fully saturated rings. The number of hydrogen-bond donors (Lipinski definition) is 1. The number of nitrogens with zero attached hydrogens (tertiary/aromatic N) is 1. The van der Waals surface area contributed by atoms with Crippen LogP contribution < -0.4 is 4.74 Å². The Morgan fingerprint density at radius 2 is 1.96 bits per heavy atom. The van der Waals surface area contributed by atoms with E-state index in [-0.39, 0.29) is 19.6 Å². The van der Waals surface area contributed by atoms with Gasteiger partial charge in [0.25, 0.3) is 5.91 Å². The molecule has 1 amide bonds. The number of likely N-dealkylation sites (tertiary alicyclic amines) is 1. The fourth-order valence-corrected chi connectivity index (χ4v) is 2.98. The predicted octanol–water partition coefficient (Wildman–Crippen LogP) is 2.90. The second kappa shape index (κ2) is 6.28. The van der Waals surface area contributed by atoms with Crippen LogP contribution >= 0.6 is 11.6 Å². The summed E-state index contributed by atoms with van der Waals surface area (Å²) in [5.41, 5.74) is -2.37. The van der Waals surface area contributed by atoms with Crippen molar-refractivity contribution >= 4 is 34.2 Å². The van der Waals surface area contributed by atoms with Gasteiger partial charge in [0, 0.05) is 28.8 Å². The number of hydrogen-bond acceptors (Lipinski definition) is 3. The Bertz CT molecular complexity index is 812. The van der Waals surface area contributed by atoms with Crippen LogP contribution in [0.5, 0.6) is 5.75 Å². The van der Waals surface area contributed by atoms with Crippen molar-refractivity contribution in [2.75, 3.05) is 19.7 Å². The van der Waals surface area contributed by atoms with Gasteiger partial charge in [-0.15, -0.1) is 0 Å². The molecule has 2 aromatic rings. The Morgan fingerprint density at radius 1 is 1.25 bits per heavy atom. The smallest absolute Gasteiger partial charge is 0.343 e. The summed E-state index contributed by atoms with van der Waals surface area (Å²) in [4.78, 5) is 24.2. The van der Waals surface area contributed by atoms with Crippen LogP contribution in [0.25, 0.3) is 10.8 Å². The second-order valence-electron chi connectivity index (χ2n) is 5.72. The summed E-state index contributed by atoms with van der Waals surface area (Å²) in [6.45, 7) is -0.681. The van der Waals surface area contributed by atoms with Gasteiger partial charge in [-0.3, -0.25) is 4.79 Å². The average molecular weight is 352 g/mol. The van der Waals surface area contributed by atoms with Crippen LogP contribution in [0.3, 0.4) is 0 Å². The molecule has 0 aromatic heterocycles. The van der Waals surface area contributed by atoms with E-state index in [0.717, 1.165) is 10.8 Å². The standard InChI is InChI=1S/C17H15ClFNO4/c18-13-5-6-14(12-4-2-1-3-11(12)13)24-9-15(21)20-8-7-17(19,10-20)16(22)23/h1-6H,7-10H2,(H,22,23). The summed E-state index contributed by atoms with van der Waals surface area (Å²) in [6, 6.07) is 10.7. The summed E-state index contributed by atoms with van der Waals surface area (Å²) in [6.07, 6.45) is -0.210. The van der Waals surface area contributed by atoms with E-state index in [2.05, 4.69) is 0 Å². The zero-order chi connectivity index (χ0) is 17.3. The first-order valence-corrected chi connectivity index (χ1v) is 7.79. The summed E-state index contributed by atoms with van der Waals surface area (Å²) < 4.78 is 19.6. The molecule has 3 rings (SSSR count). The van der Waals surface area contributed by atoms with Crippen LogP contribution in [0.1, 0.15) is 6.42 Å². The SMILES string of the molecule is O=C(COc1ccc(Cl)c2ccccc12)N1CCC(F)(C(=O)O)C1. The van der Waals surface area contributed by atoms with Gasteiger partial charge >= 0.3 is 5.97 Å². The van der Waals surface area contributed by atoms with Gasteiger partial charge in [0.1, 0.15) is 5.75 Å². The first-order chi connectivity index (χ1) is 11.4. The van der Waals surface area contributed by atoms with Crippen LogP contribution in [0, 0.1) is 0 Å². The fourth-order valence-electron chi connectivity index (χ4n) is 2.75. The molecule has 1 N–H and O–H groups in total. The molecule has 0 radical (unpaired) electrons. The highest BCUT2D eigenvalue weighted by Crippen LogP contribution is 2.31. The molecule has 7 heteroatoms. The molecule has 0 spiro atoms. The zero-order valence-corrected chi connectivity index (χ0v) is 13.4. The molecule has 2 aromatic carbocycles. The predicted molar refractivity (Wildman–Crippen MR) is 87.1 cm³/mol. The largest absolute Gasteiger partial charge is 0.483 e. The molecular weight excluding hydrogens is 337 g/mol. The zero-order valence-electron chi connectivity index (χ0n) is 12.7. The molecule has 126 valence electrons. The van der Waals surface area contributed by atoms with E-state index in [4.69, 9.17) is 21.4 Å². The highest BCUT2D eigenvalue weighted by molar-refractivity contribution is 6.35. The van der Waals surface area contributed by atoms with E-state index in [0.29, 0.717) is 10.8 Å². The Hall–Kier alpha value is -2.34. The van der Waals surface area contributed by atoms with E-state index in [9.17, 15) is 14.0 Å². The van der Waals surface area contributed by atoms with Crippen molar-refractivity contribution in [3.63, 3.8) is 0 Å². The lowest BCUT2D eigenvalue weighted by atomic mass is 10.1. The number of rotatable bonds is 4. The van der Waals surface area contributed by atoms with Gasteiger partial charge < -0.3 is 14.7 Å². The van der Waals surface area contributed by atoms with E-state index >= 15 is 0 Å². The molecule has 0 aliphatic carbocycles. The molecule has 1 aliphatic heterocycles. The number of halogens is 2. The average Bonchev–Trinajstić information content (AvgIpc) is 2.98. The molecule has 24 heavy (non-hydrogen) atoms. The Morgan fingerprint density at radius 3 is 2.62 bits per heavy atom. The van der Waals surface area contributed by atoms with E-state index < -0.39 is 24.1 Å². The van der Waals surface area contributed by atoms with E-state index in [1.165, 1.54) is 4.90 Å². The molecule has 1 heterocycles. The number of ether oxygens (including phenoxy) is 1.